The minimum atomic E-state index is -0.0973. The molecular weight excluding hydrogens is 854 g/mol. The third kappa shape index (κ3) is 5.42. The highest BCUT2D eigenvalue weighted by Crippen LogP contribution is 2.66. The van der Waals surface area contributed by atoms with Crippen LogP contribution in [0, 0.1) is 27.7 Å². The van der Waals surface area contributed by atoms with Crippen molar-refractivity contribution in [1.82, 2.24) is 0 Å². The maximum Gasteiger partial charge on any atom is 0.252 e. The zero-order valence-corrected chi connectivity index (χ0v) is 44.9. The summed E-state index contributed by atoms with van der Waals surface area (Å²) in [4.78, 5) is 8.70. The van der Waals surface area contributed by atoms with Crippen molar-refractivity contribution in [1.29, 1.82) is 0 Å². The van der Waals surface area contributed by atoms with Crippen LogP contribution >= 0.6 is 11.3 Å². The standard InChI is InChI=1S/C64H72BN3S/c1-37-31-38(2)53-57-52(37)62(12)28-18-20-30-64(62,14)68(57)50-36-43(67-48-26-23-41(59(5,6)7)34-46(48)61(11)27-17-19-29-63(61,67)13)35-49-54(50)65(53)47-25-24-45-44-21-15-16-22-51(44)69-58(45)56(47)66(49)55-39(3)32-42(33-40(55)4)60(8,9)10/h15-16,21-26,31-36H,17-20,27-30H2,1-14H3. The molecule has 0 N–H and O–H groups in total. The van der Waals surface area contributed by atoms with Crippen molar-refractivity contribution < 1.29 is 0 Å². The van der Waals surface area contributed by atoms with Gasteiger partial charge in [-0.25, -0.2) is 0 Å². The molecule has 69 heavy (non-hydrogen) atoms. The Balaban J connectivity index is 1.21. The quantitative estimate of drug-likeness (QED) is 0.160. The lowest BCUT2D eigenvalue weighted by molar-refractivity contribution is 0.193. The molecule has 6 aliphatic rings. The molecule has 4 atom stereocenters. The first-order valence-corrected chi connectivity index (χ1v) is 27.4. The number of nitrogens with zero attached hydrogens (tertiary/aromatic N) is 3. The van der Waals surface area contributed by atoms with Gasteiger partial charge in [-0.3, -0.25) is 0 Å². The number of aryl methyl sites for hydroxylation is 4. The number of hydrogen-bond donors (Lipinski definition) is 0. The summed E-state index contributed by atoms with van der Waals surface area (Å²) in [5.74, 6) is 0. The van der Waals surface area contributed by atoms with Gasteiger partial charge in [0.1, 0.15) is 0 Å². The largest absolute Gasteiger partial charge is 0.335 e. The van der Waals surface area contributed by atoms with Crippen molar-refractivity contribution in [3.8, 4) is 0 Å². The van der Waals surface area contributed by atoms with Gasteiger partial charge in [-0.2, -0.15) is 0 Å². The van der Waals surface area contributed by atoms with Crippen LogP contribution in [0.3, 0.4) is 0 Å². The first kappa shape index (κ1) is 44.0. The summed E-state index contributed by atoms with van der Waals surface area (Å²) in [5, 5.41) is 2.72. The zero-order chi connectivity index (χ0) is 48.3. The molecule has 2 fully saturated rings. The number of thiophene rings is 1. The van der Waals surface area contributed by atoms with E-state index in [1.807, 2.05) is 11.3 Å². The van der Waals surface area contributed by atoms with Gasteiger partial charge in [0, 0.05) is 54.7 Å². The molecule has 2 saturated carbocycles. The van der Waals surface area contributed by atoms with E-state index >= 15 is 0 Å². The minimum Gasteiger partial charge on any atom is -0.335 e. The minimum absolute atomic E-state index is 0.0125. The van der Waals surface area contributed by atoms with Crippen LogP contribution in [-0.2, 0) is 21.7 Å². The summed E-state index contributed by atoms with van der Waals surface area (Å²) < 4.78 is 2.76. The van der Waals surface area contributed by atoms with Crippen LogP contribution in [0.1, 0.15) is 165 Å². The molecule has 4 unspecified atom stereocenters. The Hall–Kier alpha value is -5.00. The summed E-state index contributed by atoms with van der Waals surface area (Å²) in [7, 11) is 0. The fraction of sp³-hybridized carbons (Fsp3) is 0.438. The second-order valence-corrected chi connectivity index (χ2v) is 26.8. The maximum absolute atomic E-state index is 2.99. The summed E-state index contributed by atoms with van der Waals surface area (Å²) in [5.41, 5.74) is 25.8. The van der Waals surface area contributed by atoms with Crippen LogP contribution in [0.5, 0.6) is 0 Å². The van der Waals surface area contributed by atoms with Gasteiger partial charge in [0.2, 0.25) is 0 Å². The average Bonchev–Trinajstić information content (AvgIpc) is 3.85. The maximum atomic E-state index is 2.99. The van der Waals surface area contributed by atoms with Gasteiger partial charge >= 0.3 is 0 Å². The molecule has 0 amide bonds. The fourth-order valence-electron chi connectivity index (χ4n) is 16.0. The Labute approximate surface area is 417 Å². The molecule has 0 radical (unpaired) electrons. The van der Waals surface area contributed by atoms with Gasteiger partial charge in [-0.1, -0.05) is 147 Å². The van der Waals surface area contributed by atoms with Gasteiger partial charge in [-0.15, -0.1) is 11.3 Å². The highest BCUT2D eigenvalue weighted by molar-refractivity contribution is 7.26. The zero-order valence-electron chi connectivity index (χ0n) is 44.1. The van der Waals surface area contributed by atoms with E-state index in [0.29, 0.717) is 0 Å². The fourth-order valence-corrected chi connectivity index (χ4v) is 17.2. The predicted molar refractivity (Wildman–Crippen MR) is 301 cm³/mol. The molecule has 0 bridgehead atoms. The molecule has 5 heterocycles. The first-order chi connectivity index (χ1) is 32.6. The van der Waals surface area contributed by atoms with Crippen molar-refractivity contribution in [3.63, 3.8) is 0 Å². The topological polar surface area (TPSA) is 9.72 Å². The third-order valence-electron chi connectivity index (χ3n) is 19.9. The van der Waals surface area contributed by atoms with E-state index in [2.05, 4.69) is 197 Å². The van der Waals surface area contributed by atoms with Crippen molar-refractivity contribution >= 4 is 94.4 Å². The van der Waals surface area contributed by atoms with Crippen LogP contribution in [0.4, 0.5) is 39.8 Å². The molecule has 1 aromatic heterocycles. The second-order valence-electron chi connectivity index (χ2n) is 25.8. The van der Waals surface area contributed by atoms with Crippen LogP contribution in [0.25, 0.3) is 20.2 Å². The van der Waals surface area contributed by atoms with Gasteiger partial charge in [-0.05, 0) is 158 Å². The number of rotatable bonds is 2. The molecular formula is C64H72BN3S. The summed E-state index contributed by atoms with van der Waals surface area (Å²) >= 11 is 2.00. The highest BCUT2D eigenvalue weighted by atomic mass is 32.1. The molecule has 2 aliphatic carbocycles. The van der Waals surface area contributed by atoms with Crippen LogP contribution in [-0.4, -0.2) is 17.8 Å². The Morgan fingerprint density at radius 2 is 1.16 bits per heavy atom. The van der Waals surface area contributed by atoms with Crippen LogP contribution in [0.15, 0.2) is 84.9 Å². The van der Waals surface area contributed by atoms with Crippen molar-refractivity contribution in [2.75, 3.05) is 14.7 Å². The monoisotopic (exact) mass is 926 g/mol. The van der Waals surface area contributed by atoms with Crippen LogP contribution < -0.4 is 31.1 Å². The molecule has 13 rings (SSSR count). The van der Waals surface area contributed by atoms with E-state index < -0.39 is 0 Å². The van der Waals surface area contributed by atoms with Crippen molar-refractivity contribution in [2.24, 2.45) is 0 Å². The van der Waals surface area contributed by atoms with E-state index in [4.69, 9.17) is 0 Å². The normalized spacial score (nSPS) is 25.5. The third-order valence-corrected chi connectivity index (χ3v) is 21.1. The summed E-state index contributed by atoms with van der Waals surface area (Å²) in [6.45, 7) is 34.6. The smallest absolute Gasteiger partial charge is 0.252 e. The molecule has 352 valence electrons. The number of anilines is 7. The summed E-state index contributed by atoms with van der Waals surface area (Å²) in [6.07, 6.45) is 9.86. The van der Waals surface area contributed by atoms with Gasteiger partial charge in [0.05, 0.1) is 27.2 Å². The van der Waals surface area contributed by atoms with E-state index in [0.717, 1.165) is 0 Å². The first-order valence-electron chi connectivity index (χ1n) is 26.6. The van der Waals surface area contributed by atoms with Crippen LogP contribution in [0.2, 0.25) is 0 Å². The van der Waals surface area contributed by atoms with Crippen molar-refractivity contribution in [3.05, 3.63) is 129 Å². The number of benzene rings is 6. The number of fused-ring (bicyclic) bond motifs is 14. The molecule has 7 aromatic rings. The van der Waals surface area contributed by atoms with Crippen molar-refractivity contribution in [2.45, 2.75) is 181 Å². The highest BCUT2D eigenvalue weighted by Gasteiger charge is 2.63. The predicted octanol–water partition coefficient (Wildman–Crippen LogP) is 16.0. The Bertz CT molecular complexity index is 3390. The molecule has 0 saturated heterocycles. The van der Waals surface area contributed by atoms with Gasteiger partial charge in [0.15, 0.2) is 0 Å². The van der Waals surface area contributed by atoms with E-state index in [9.17, 15) is 0 Å². The second kappa shape index (κ2) is 13.9. The lowest BCUT2D eigenvalue weighted by atomic mass is 9.32. The molecule has 0 spiro atoms. The Kier molecular flexibility index (Phi) is 8.86. The molecule has 4 aliphatic heterocycles. The summed E-state index contributed by atoms with van der Waals surface area (Å²) in [6, 6.07) is 34.9. The number of hydrogen-bond acceptors (Lipinski definition) is 4. The lowest BCUT2D eigenvalue weighted by Crippen LogP contribution is -2.65. The van der Waals surface area contributed by atoms with Gasteiger partial charge in [0.25, 0.3) is 6.71 Å². The molecule has 3 nitrogen and oxygen atoms in total. The molecule has 6 aromatic carbocycles. The van der Waals surface area contributed by atoms with E-state index in [1.165, 1.54) is 156 Å². The molecule has 5 heteroatoms. The Morgan fingerprint density at radius 3 is 1.86 bits per heavy atom. The SMILES string of the molecule is Cc1cc(C)c2c3c1B1c4ccc5c(sc6ccccc65)c4N(c4c(C)cc(C(C)(C)C)cc4C)c4cc(N5c6ccc(C(C)(C)C)cc6C6(C)CCCCC56C)cc(c41)N3C1(C)CCCCC21C. The lowest BCUT2D eigenvalue weighted by Gasteiger charge is -2.54. The van der Waals surface area contributed by atoms with E-state index in [1.54, 1.807) is 16.6 Å². The van der Waals surface area contributed by atoms with Gasteiger partial charge < -0.3 is 14.7 Å². The average molecular weight is 926 g/mol. The van der Waals surface area contributed by atoms with E-state index in [-0.39, 0.29) is 39.5 Å². The Morgan fingerprint density at radius 1 is 0.522 bits per heavy atom.